The molecule has 1 aliphatic carbocycles. The first-order valence-corrected chi connectivity index (χ1v) is 8.48. The second-order valence-electron chi connectivity index (χ2n) is 6.95. The van der Waals surface area contributed by atoms with Crippen molar-refractivity contribution in [2.45, 2.75) is 32.3 Å². The van der Waals surface area contributed by atoms with E-state index in [0.29, 0.717) is 11.3 Å². The maximum Gasteiger partial charge on any atom is 0.340 e. The van der Waals surface area contributed by atoms with Crippen molar-refractivity contribution in [1.82, 2.24) is 4.90 Å². The predicted octanol–water partition coefficient (Wildman–Crippen LogP) is 1.91. The van der Waals surface area contributed by atoms with E-state index in [1.54, 1.807) is 24.3 Å². The van der Waals surface area contributed by atoms with Crippen molar-refractivity contribution in [2.24, 2.45) is 11.3 Å². The third kappa shape index (κ3) is 3.08. The highest BCUT2D eigenvalue weighted by molar-refractivity contribution is 5.94. The summed E-state index contributed by atoms with van der Waals surface area (Å²) in [5.41, 5.74) is 6.33. The number of piperidine rings is 1. The highest BCUT2D eigenvalue weighted by atomic mass is 16.5. The SMILES string of the molecule is CCN1C[C@H]2CCC[C@@](COC(=O)c3ccccc3N)(C1)[C@H]2O. The molecule has 1 aromatic rings. The molecule has 0 spiro atoms. The molecule has 1 saturated heterocycles. The maximum absolute atomic E-state index is 12.3. The number of aliphatic hydroxyl groups is 1. The van der Waals surface area contributed by atoms with E-state index < -0.39 is 5.97 Å². The molecule has 0 radical (unpaired) electrons. The Morgan fingerprint density at radius 3 is 3.00 bits per heavy atom. The highest BCUT2D eigenvalue weighted by Gasteiger charge is 2.50. The van der Waals surface area contributed by atoms with Gasteiger partial charge in [-0.15, -0.1) is 0 Å². The molecule has 1 aromatic carbocycles. The Morgan fingerprint density at radius 2 is 2.26 bits per heavy atom. The number of likely N-dealkylation sites (tertiary alicyclic amines) is 1. The van der Waals surface area contributed by atoms with Gasteiger partial charge in [0.15, 0.2) is 0 Å². The summed E-state index contributed by atoms with van der Waals surface area (Å²) in [4.78, 5) is 14.7. The number of esters is 1. The van der Waals surface area contributed by atoms with Crippen LogP contribution >= 0.6 is 0 Å². The van der Waals surface area contributed by atoms with Crippen LogP contribution in [0.3, 0.4) is 0 Å². The summed E-state index contributed by atoms with van der Waals surface area (Å²) in [5, 5.41) is 10.7. The minimum absolute atomic E-state index is 0.258. The first-order valence-electron chi connectivity index (χ1n) is 8.48. The fraction of sp³-hybridized carbons (Fsp3) is 0.611. The van der Waals surface area contributed by atoms with E-state index in [2.05, 4.69) is 11.8 Å². The van der Waals surface area contributed by atoms with Crippen LogP contribution in [0.25, 0.3) is 0 Å². The van der Waals surface area contributed by atoms with Gasteiger partial charge < -0.3 is 20.5 Å². The predicted molar refractivity (Wildman–Crippen MR) is 89.0 cm³/mol. The number of hydrogen-bond acceptors (Lipinski definition) is 5. The lowest BCUT2D eigenvalue weighted by atomic mass is 9.64. The van der Waals surface area contributed by atoms with Crippen molar-refractivity contribution in [3.05, 3.63) is 29.8 Å². The van der Waals surface area contributed by atoms with Gasteiger partial charge in [-0.05, 0) is 37.4 Å². The number of hydrogen-bond donors (Lipinski definition) is 2. The number of nitrogens with zero attached hydrogens (tertiary/aromatic N) is 1. The van der Waals surface area contributed by atoms with Crippen molar-refractivity contribution in [3.63, 3.8) is 0 Å². The molecular formula is C18H26N2O3. The molecule has 1 saturated carbocycles. The van der Waals surface area contributed by atoms with Gasteiger partial charge in [-0.1, -0.05) is 25.5 Å². The van der Waals surface area contributed by atoms with E-state index in [9.17, 15) is 9.90 Å². The smallest absolute Gasteiger partial charge is 0.340 e. The summed E-state index contributed by atoms with van der Waals surface area (Å²) in [6.45, 7) is 5.09. The molecule has 2 fully saturated rings. The zero-order valence-corrected chi connectivity index (χ0v) is 13.7. The molecule has 0 aromatic heterocycles. The molecule has 126 valence electrons. The summed E-state index contributed by atoms with van der Waals surface area (Å²) >= 11 is 0. The first-order chi connectivity index (χ1) is 11.1. The molecule has 5 nitrogen and oxygen atoms in total. The van der Waals surface area contributed by atoms with Gasteiger partial charge in [0.05, 0.1) is 11.7 Å². The van der Waals surface area contributed by atoms with Gasteiger partial charge in [0.2, 0.25) is 0 Å². The third-order valence-corrected chi connectivity index (χ3v) is 5.47. The number of aliphatic hydroxyl groups excluding tert-OH is 1. The number of para-hydroxylation sites is 1. The highest BCUT2D eigenvalue weighted by Crippen LogP contribution is 2.44. The Labute approximate surface area is 137 Å². The second-order valence-corrected chi connectivity index (χ2v) is 6.95. The van der Waals surface area contributed by atoms with Crippen molar-refractivity contribution < 1.29 is 14.6 Å². The Bertz CT molecular complexity index is 577. The van der Waals surface area contributed by atoms with Crippen LogP contribution in [-0.4, -0.2) is 48.3 Å². The minimum atomic E-state index is -0.402. The van der Waals surface area contributed by atoms with Gasteiger partial charge in [-0.3, -0.25) is 0 Å². The number of anilines is 1. The first kappa shape index (κ1) is 16.3. The topological polar surface area (TPSA) is 75.8 Å². The Balaban J connectivity index is 1.72. The van der Waals surface area contributed by atoms with Crippen molar-refractivity contribution in [1.29, 1.82) is 0 Å². The van der Waals surface area contributed by atoms with Crippen molar-refractivity contribution in [2.75, 3.05) is 32.0 Å². The average molecular weight is 318 g/mol. The van der Waals surface area contributed by atoms with Gasteiger partial charge in [0.25, 0.3) is 0 Å². The van der Waals surface area contributed by atoms with Crippen molar-refractivity contribution in [3.8, 4) is 0 Å². The Hall–Kier alpha value is -1.59. The van der Waals surface area contributed by atoms with Gasteiger partial charge in [-0.2, -0.15) is 0 Å². The third-order valence-electron chi connectivity index (χ3n) is 5.47. The molecule has 0 amide bonds. The molecule has 1 aliphatic heterocycles. The normalized spacial score (nSPS) is 30.9. The number of carbonyl (C=O) groups excluding carboxylic acids is 1. The zero-order valence-electron chi connectivity index (χ0n) is 13.7. The zero-order chi connectivity index (χ0) is 16.4. The number of fused-ring (bicyclic) bond motifs is 2. The van der Waals surface area contributed by atoms with E-state index in [-0.39, 0.29) is 24.0 Å². The molecule has 3 atom stereocenters. The van der Waals surface area contributed by atoms with Gasteiger partial charge in [-0.25, -0.2) is 4.79 Å². The molecule has 3 N–H and O–H groups in total. The van der Waals surface area contributed by atoms with Crippen LogP contribution in [0.2, 0.25) is 0 Å². The van der Waals surface area contributed by atoms with E-state index >= 15 is 0 Å². The molecule has 23 heavy (non-hydrogen) atoms. The molecule has 5 heteroatoms. The second kappa shape index (κ2) is 6.49. The van der Waals surface area contributed by atoms with Crippen LogP contribution in [0, 0.1) is 11.3 Å². The average Bonchev–Trinajstić information content (AvgIpc) is 2.54. The van der Waals surface area contributed by atoms with Crippen LogP contribution in [0.15, 0.2) is 24.3 Å². The quantitative estimate of drug-likeness (QED) is 0.655. The number of rotatable bonds is 4. The molecule has 2 bridgehead atoms. The molecule has 3 rings (SSSR count). The van der Waals surface area contributed by atoms with Gasteiger partial charge in [0, 0.05) is 24.2 Å². The van der Waals surface area contributed by atoms with E-state index in [1.165, 1.54) is 0 Å². The molecule has 1 heterocycles. The molecular weight excluding hydrogens is 292 g/mol. The number of nitrogen functional groups attached to an aromatic ring is 1. The summed E-state index contributed by atoms with van der Waals surface area (Å²) in [5.74, 6) is -0.113. The maximum atomic E-state index is 12.3. The standard InChI is InChI=1S/C18H26N2O3/c1-2-20-10-13-6-5-9-18(11-20,16(13)21)12-23-17(22)14-7-3-4-8-15(14)19/h3-4,7-8,13,16,21H,2,5-6,9-12,19H2,1H3/t13-,16+,18+/m1/s1. The van der Waals surface area contributed by atoms with E-state index in [0.717, 1.165) is 38.9 Å². The van der Waals surface area contributed by atoms with Gasteiger partial charge >= 0.3 is 5.97 Å². The number of benzene rings is 1. The lowest BCUT2D eigenvalue weighted by Gasteiger charge is -2.52. The summed E-state index contributed by atoms with van der Waals surface area (Å²) < 4.78 is 5.58. The summed E-state index contributed by atoms with van der Waals surface area (Å²) in [6, 6.07) is 6.94. The largest absolute Gasteiger partial charge is 0.461 e. The van der Waals surface area contributed by atoms with Crippen molar-refractivity contribution >= 4 is 11.7 Å². The fourth-order valence-electron chi connectivity index (χ4n) is 4.14. The van der Waals surface area contributed by atoms with E-state index in [4.69, 9.17) is 10.5 Å². The summed E-state index contributed by atoms with van der Waals surface area (Å²) in [7, 11) is 0. The van der Waals surface area contributed by atoms with E-state index in [1.807, 2.05) is 0 Å². The minimum Gasteiger partial charge on any atom is -0.461 e. The lowest BCUT2D eigenvalue weighted by molar-refractivity contribution is -0.135. The fourth-order valence-corrected chi connectivity index (χ4v) is 4.14. The number of carbonyl (C=O) groups is 1. The van der Waals surface area contributed by atoms with Crippen LogP contribution in [0.1, 0.15) is 36.5 Å². The van der Waals surface area contributed by atoms with Crippen LogP contribution in [-0.2, 0) is 4.74 Å². The number of nitrogens with two attached hydrogens (primary N) is 1. The van der Waals surface area contributed by atoms with Crippen LogP contribution in [0.5, 0.6) is 0 Å². The lowest BCUT2D eigenvalue weighted by Crippen LogP contribution is -2.60. The Kier molecular flexibility index (Phi) is 4.60. The molecule has 2 aliphatic rings. The van der Waals surface area contributed by atoms with Crippen LogP contribution < -0.4 is 5.73 Å². The number of ether oxygens (including phenoxy) is 1. The van der Waals surface area contributed by atoms with Gasteiger partial charge in [0.1, 0.15) is 6.61 Å². The Morgan fingerprint density at radius 1 is 1.48 bits per heavy atom. The summed E-state index contributed by atoms with van der Waals surface area (Å²) in [6.07, 6.45) is 2.65. The van der Waals surface area contributed by atoms with Crippen LogP contribution in [0.4, 0.5) is 5.69 Å². The molecule has 0 unspecified atom stereocenters. The monoisotopic (exact) mass is 318 g/mol.